The van der Waals surface area contributed by atoms with Crippen molar-refractivity contribution in [2.75, 3.05) is 18.2 Å². The number of benzene rings is 2. The molecule has 0 aliphatic heterocycles. The Morgan fingerprint density at radius 3 is 2.68 bits per heavy atom. The average Bonchev–Trinajstić information content (AvgIpc) is 3.25. The number of halogens is 1. The lowest BCUT2D eigenvalue weighted by atomic mass is 10.1. The van der Waals surface area contributed by atoms with Crippen LogP contribution in [-0.4, -0.2) is 43.7 Å². The van der Waals surface area contributed by atoms with Crippen LogP contribution in [-0.2, 0) is 29.1 Å². The number of unbranched alkanes of at least 4 members (excludes halogenated alkanes) is 1. The van der Waals surface area contributed by atoms with Gasteiger partial charge in [-0.15, -0.1) is 11.6 Å². The lowest BCUT2D eigenvalue weighted by Crippen LogP contribution is -2.33. The van der Waals surface area contributed by atoms with E-state index in [0.29, 0.717) is 37.6 Å². The highest BCUT2D eigenvalue weighted by Gasteiger charge is 2.18. The fourth-order valence-electron chi connectivity index (χ4n) is 4.56. The number of para-hydroxylation sites is 1. The lowest BCUT2D eigenvalue weighted by molar-refractivity contribution is -0.132. The van der Waals surface area contributed by atoms with Gasteiger partial charge >= 0.3 is 5.97 Å². The van der Waals surface area contributed by atoms with Crippen molar-refractivity contribution in [1.29, 1.82) is 0 Å². The average molecular weight is 522 g/mol. The van der Waals surface area contributed by atoms with Gasteiger partial charge < -0.3 is 19.9 Å². The first kappa shape index (κ1) is 26.4. The van der Waals surface area contributed by atoms with Crippen molar-refractivity contribution in [3.8, 4) is 5.75 Å². The zero-order valence-electron chi connectivity index (χ0n) is 21.2. The van der Waals surface area contributed by atoms with Crippen molar-refractivity contribution >= 4 is 51.2 Å². The van der Waals surface area contributed by atoms with Crippen LogP contribution in [0.3, 0.4) is 0 Å². The monoisotopic (exact) mass is 521 g/mol. The van der Waals surface area contributed by atoms with E-state index in [9.17, 15) is 9.59 Å². The Labute approximate surface area is 221 Å². The molecule has 2 aromatic heterocycles. The minimum absolute atomic E-state index is 0.105. The minimum Gasteiger partial charge on any atom is -0.427 e. The molecule has 194 valence electrons. The van der Waals surface area contributed by atoms with Crippen LogP contribution in [0, 0.1) is 0 Å². The number of fused-ring (bicyclic) bond motifs is 3. The van der Waals surface area contributed by atoms with Gasteiger partial charge in [0.1, 0.15) is 23.0 Å². The molecule has 0 aliphatic carbocycles. The highest BCUT2D eigenvalue weighted by atomic mass is 35.5. The summed E-state index contributed by atoms with van der Waals surface area (Å²) < 4.78 is 7.42. The van der Waals surface area contributed by atoms with Crippen molar-refractivity contribution in [3.63, 3.8) is 0 Å². The molecule has 0 bridgehead atoms. The van der Waals surface area contributed by atoms with Crippen LogP contribution in [0.15, 0.2) is 48.5 Å². The summed E-state index contributed by atoms with van der Waals surface area (Å²) in [6, 6.07) is 15.1. The first-order valence-corrected chi connectivity index (χ1v) is 13.1. The third kappa shape index (κ3) is 6.20. The summed E-state index contributed by atoms with van der Waals surface area (Å²) in [7, 11) is 0. The zero-order chi connectivity index (χ0) is 26.4. The number of hydrogen-bond acceptors (Lipinski definition) is 6. The van der Waals surface area contributed by atoms with E-state index in [1.165, 1.54) is 6.92 Å². The van der Waals surface area contributed by atoms with Gasteiger partial charge in [0.05, 0.1) is 11.0 Å². The van der Waals surface area contributed by atoms with Crippen molar-refractivity contribution in [1.82, 2.24) is 19.4 Å². The summed E-state index contributed by atoms with van der Waals surface area (Å²) in [5, 5.41) is 1.01. The van der Waals surface area contributed by atoms with Gasteiger partial charge in [0, 0.05) is 38.4 Å². The fraction of sp³-hybridized carbons (Fsp3) is 0.357. The van der Waals surface area contributed by atoms with Crippen LogP contribution < -0.4 is 10.5 Å². The quantitative estimate of drug-likeness (QED) is 0.167. The number of hydrogen-bond donors (Lipinski definition) is 1. The summed E-state index contributed by atoms with van der Waals surface area (Å²) in [6.07, 6.45) is 3.62. The maximum atomic E-state index is 12.7. The van der Waals surface area contributed by atoms with Gasteiger partial charge in [-0.05, 0) is 36.6 Å². The number of rotatable bonds is 11. The van der Waals surface area contributed by atoms with E-state index in [2.05, 4.69) is 16.5 Å². The maximum Gasteiger partial charge on any atom is 0.308 e. The van der Waals surface area contributed by atoms with Gasteiger partial charge in [-0.1, -0.05) is 43.7 Å². The van der Waals surface area contributed by atoms with Gasteiger partial charge in [-0.25, -0.2) is 9.97 Å². The Morgan fingerprint density at radius 1 is 1.11 bits per heavy atom. The lowest BCUT2D eigenvalue weighted by Gasteiger charge is -2.23. The normalized spacial score (nSPS) is 11.2. The number of aromatic nitrogens is 3. The number of ether oxygens (including phenoxy) is 1. The van der Waals surface area contributed by atoms with Gasteiger partial charge in [0.2, 0.25) is 5.91 Å². The second-order valence-corrected chi connectivity index (χ2v) is 9.31. The first-order valence-electron chi connectivity index (χ1n) is 12.6. The molecular formula is C28H32ClN5O3. The van der Waals surface area contributed by atoms with E-state index in [1.54, 1.807) is 23.1 Å². The smallest absolute Gasteiger partial charge is 0.308 e. The highest BCUT2D eigenvalue weighted by Crippen LogP contribution is 2.29. The number of esters is 1. The number of carbonyl (C=O) groups is 2. The molecule has 0 spiro atoms. The molecule has 4 aromatic rings. The number of nitrogens with two attached hydrogens (primary N) is 1. The molecule has 0 atom stereocenters. The van der Waals surface area contributed by atoms with Crippen molar-refractivity contribution in [2.24, 2.45) is 0 Å². The number of anilines is 1. The van der Waals surface area contributed by atoms with Crippen LogP contribution >= 0.6 is 11.6 Å². The molecule has 4 rings (SSSR count). The predicted molar refractivity (Wildman–Crippen MR) is 147 cm³/mol. The minimum atomic E-state index is -0.388. The third-order valence-electron chi connectivity index (χ3n) is 6.25. The van der Waals surface area contributed by atoms with E-state index in [-0.39, 0.29) is 17.8 Å². The van der Waals surface area contributed by atoms with Gasteiger partial charge in [0.15, 0.2) is 5.82 Å². The van der Waals surface area contributed by atoms with E-state index >= 15 is 0 Å². The number of aryl methyl sites for hydroxylation is 2. The van der Waals surface area contributed by atoms with Crippen molar-refractivity contribution in [3.05, 3.63) is 59.9 Å². The molecule has 0 unspecified atom stereocenters. The summed E-state index contributed by atoms with van der Waals surface area (Å²) in [4.78, 5) is 35.2. The highest BCUT2D eigenvalue weighted by molar-refractivity contribution is 6.27. The molecule has 0 saturated heterocycles. The molecular weight excluding hydrogens is 490 g/mol. The van der Waals surface area contributed by atoms with E-state index < -0.39 is 0 Å². The SMILES string of the molecule is CCCCc1nc2c(N)nc3ccccc3c2n1CCCN(Cc1cccc(OC(C)=O)c1)C(=O)CCl. The molecule has 0 saturated carbocycles. The first-order chi connectivity index (χ1) is 17.9. The number of alkyl halides is 1. The zero-order valence-corrected chi connectivity index (χ0v) is 22.0. The fourth-order valence-corrected chi connectivity index (χ4v) is 4.73. The Bertz CT molecular complexity index is 1420. The van der Waals surface area contributed by atoms with Crippen LogP contribution in [0.25, 0.3) is 21.9 Å². The number of nitrogens with zero attached hydrogens (tertiary/aromatic N) is 4. The van der Waals surface area contributed by atoms with Gasteiger partial charge in [-0.3, -0.25) is 9.59 Å². The topological polar surface area (TPSA) is 103 Å². The van der Waals surface area contributed by atoms with Gasteiger partial charge in [0.25, 0.3) is 0 Å². The van der Waals surface area contributed by atoms with Gasteiger partial charge in [-0.2, -0.15) is 0 Å². The van der Waals surface area contributed by atoms with E-state index in [1.807, 2.05) is 30.3 Å². The molecule has 2 heterocycles. The van der Waals surface area contributed by atoms with E-state index in [0.717, 1.165) is 52.6 Å². The summed E-state index contributed by atoms with van der Waals surface area (Å²) >= 11 is 5.94. The van der Waals surface area contributed by atoms with Crippen LogP contribution in [0.2, 0.25) is 0 Å². The Morgan fingerprint density at radius 2 is 1.92 bits per heavy atom. The van der Waals surface area contributed by atoms with Crippen molar-refractivity contribution in [2.45, 2.75) is 52.6 Å². The van der Waals surface area contributed by atoms with Crippen LogP contribution in [0.4, 0.5) is 5.82 Å². The standard InChI is InChI=1S/C28H32ClN5O3/c1-3-4-13-24-32-26-27(22-11-5-6-12-23(22)31-28(26)30)34(24)15-8-14-33(25(36)17-29)18-20-9-7-10-21(16-20)37-19(2)35/h5-7,9-12,16H,3-4,8,13-15,17-18H2,1-2H3,(H2,30,31). The number of amides is 1. The molecule has 8 nitrogen and oxygen atoms in total. The molecule has 0 radical (unpaired) electrons. The molecule has 0 fully saturated rings. The molecule has 2 aromatic carbocycles. The summed E-state index contributed by atoms with van der Waals surface area (Å²) in [5.74, 6) is 1.21. The second kappa shape index (κ2) is 12.1. The Kier molecular flexibility index (Phi) is 8.61. The molecule has 0 aliphatic rings. The largest absolute Gasteiger partial charge is 0.427 e. The third-order valence-corrected chi connectivity index (χ3v) is 6.48. The number of nitrogen functional groups attached to an aromatic ring is 1. The maximum absolute atomic E-state index is 12.7. The predicted octanol–water partition coefficient (Wildman–Crippen LogP) is 5.09. The summed E-state index contributed by atoms with van der Waals surface area (Å²) in [5.41, 5.74) is 9.71. The molecule has 2 N–H and O–H groups in total. The van der Waals surface area contributed by atoms with Crippen LogP contribution in [0.1, 0.15) is 44.5 Å². The van der Waals surface area contributed by atoms with E-state index in [4.69, 9.17) is 27.1 Å². The second-order valence-electron chi connectivity index (χ2n) is 9.04. The number of imidazole rings is 1. The number of carbonyl (C=O) groups excluding carboxylic acids is 2. The Balaban J connectivity index is 1.59. The summed E-state index contributed by atoms with van der Waals surface area (Å²) in [6.45, 7) is 5.06. The molecule has 9 heteroatoms. The number of pyridine rings is 1. The van der Waals surface area contributed by atoms with Crippen LogP contribution in [0.5, 0.6) is 5.75 Å². The molecule has 1 amide bonds. The molecule has 37 heavy (non-hydrogen) atoms. The van der Waals surface area contributed by atoms with Crippen molar-refractivity contribution < 1.29 is 14.3 Å². The Hall–Kier alpha value is -3.65.